The third kappa shape index (κ3) is 3.57. The second-order valence-electron chi connectivity index (χ2n) is 6.12. The summed E-state index contributed by atoms with van der Waals surface area (Å²) in [6, 6.07) is 15.3. The van der Waals surface area contributed by atoms with Gasteiger partial charge in [-0.25, -0.2) is 9.78 Å². The van der Waals surface area contributed by atoms with Gasteiger partial charge in [-0.05, 0) is 24.3 Å². The van der Waals surface area contributed by atoms with Crippen LogP contribution in [0.1, 0.15) is 5.01 Å². The number of carbonyl (C=O) groups excluding carboxylic acids is 1. The van der Waals surface area contributed by atoms with Crippen LogP contribution < -0.4 is 14.8 Å². The van der Waals surface area contributed by atoms with Gasteiger partial charge in [0.15, 0.2) is 17.6 Å². The van der Waals surface area contributed by atoms with E-state index in [0.717, 1.165) is 21.0 Å². The molecule has 1 aromatic heterocycles. The molecule has 7 heteroatoms. The molecule has 1 atom stereocenters. The average molecular weight is 369 g/mol. The first kappa shape index (κ1) is 16.7. The molecule has 1 aliphatic heterocycles. The summed E-state index contributed by atoms with van der Waals surface area (Å²) in [5.74, 6) is 1.45. The Balaban J connectivity index is 1.30. The number of fused-ring (bicyclic) bond motifs is 2. The van der Waals surface area contributed by atoms with Crippen molar-refractivity contribution in [3.8, 4) is 11.5 Å². The van der Waals surface area contributed by atoms with Gasteiger partial charge in [0, 0.05) is 7.05 Å². The first-order valence-electron chi connectivity index (χ1n) is 8.41. The fourth-order valence-electron chi connectivity index (χ4n) is 2.76. The summed E-state index contributed by atoms with van der Waals surface area (Å²) in [7, 11) is 1.76. The molecule has 0 saturated heterocycles. The Morgan fingerprint density at radius 1 is 1.23 bits per heavy atom. The number of aromatic nitrogens is 1. The van der Waals surface area contributed by atoms with Crippen molar-refractivity contribution < 1.29 is 14.3 Å². The zero-order valence-corrected chi connectivity index (χ0v) is 15.2. The maximum absolute atomic E-state index is 12.3. The Labute approximate surface area is 155 Å². The van der Waals surface area contributed by atoms with E-state index < -0.39 is 0 Å². The van der Waals surface area contributed by atoms with Gasteiger partial charge >= 0.3 is 6.03 Å². The van der Waals surface area contributed by atoms with Crippen molar-refractivity contribution in [2.75, 3.05) is 20.2 Å². The molecule has 3 aromatic rings. The number of benzene rings is 2. The van der Waals surface area contributed by atoms with E-state index in [4.69, 9.17) is 9.47 Å². The van der Waals surface area contributed by atoms with Gasteiger partial charge in [-0.1, -0.05) is 24.3 Å². The largest absolute Gasteiger partial charge is 0.486 e. The van der Waals surface area contributed by atoms with Crippen molar-refractivity contribution in [3.05, 3.63) is 53.5 Å². The van der Waals surface area contributed by atoms with Gasteiger partial charge in [-0.15, -0.1) is 11.3 Å². The predicted molar refractivity (Wildman–Crippen MR) is 101 cm³/mol. The van der Waals surface area contributed by atoms with Crippen molar-refractivity contribution in [2.45, 2.75) is 12.6 Å². The zero-order chi connectivity index (χ0) is 17.9. The van der Waals surface area contributed by atoms with E-state index in [-0.39, 0.29) is 12.1 Å². The number of urea groups is 1. The lowest BCUT2D eigenvalue weighted by molar-refractivity contribution is 0.0904. The molecule has 2 heterocycles. The van der Waals surface area contributed by atoms with Gasteiger partial charge in [-0.2, -0.15) is 0 Å². The summed E-state index contributed by atoms with van der Waals surface area (Å²) in [4.78, 5) is 18.5. The number of amides is 2. The van der Waals surface area contributed by atoms with Crippen LogP contribution in [-0.4, -0.2) is 42.2 Å². The predicted octanol–water partition coefficient (Wildman–Crippen LogP) is 3.28. The summed E-state index contributed by atoms with van der Waals surface area (Å²) in [5.41, 5.74) is 0.965. The van der Waals surface area contributed by atoms with Crippen molar-refractivity contribution in [3.63, 3.8) is 0 Å². The second kappa shape index (κ2) is 7.21. The van der Waals surface area contributed by atoms with Crippen LogP contribution in [0.5, 0.6) is 11.5 Å². The number of ether oxygens (including phenoxy) is 2. The Hall–Kier alpha value is -2.80. The topological polar surface area (TPSA) is 63.7 Å². The lowest BCUT2D eigenvalue weighted by Crippen LogP contribution is -2.44. The maximum atomic E-state index is 12.3. The summed E-state index contributed by atoms with van der Waals surface area (Å²) in [5, 5.41) is 3.81. The lowest BCUT2D eigenvalue weighted by Gasteiger charge is -2.27. The molecule has 1 aliphatic rings. The highest BCUT2D eigenvalue weighted by molar-refractivity contribution is 7.18. The highest BCUT2D eigenvalue weighted by Crippen LogP contribution is 2.30. The van der Waals surface area contributed by atoms with Gasteiger partial charge < -0.3 is 19.7 Å². The summed E-state index contributed by atoms with van der Waals surface area (Å²) in [6.45, 7) is 1.27. The van der Waals surface area contributed by atoms with Crippen LogP contribution in [0.3, 0.4) is 0 Å². The molecule has 0 radical (unpaired) electrons. The van der Waals surface area contributed by atoms with Crippen molar-refractivity contribution in [2.24, 2.45) is 0 Å². The third-order valence-corrected chi connectivity index (χ3v) is 5.13. The summed E-state index contributed by atoms with van der Waals surface area (Å²) in [6.07, 6.45) is -0.204. The quantitative estimate of drug-likeness (QED) is 0.767. The monoisotopic (exact) mass is 369 g/mol. The summed E-state index contributed by atoms with van der Waals surface area (Å²) >= 11 is 1.60. The molecule has 0 saturated carbocycles. The van der Waals surface area contributed by atoms with Crippen LogP contribution in [0.4, 0.5) is 4.79 Å². The highest BCUT2D eigenvalue weighted by atomic mass is 32.1. The van der Waals surface area contributed by atoms with Crippen LogP contribution in [0, 0.1) is 0 Å². The number of para-hydroxylation sites is 3. The Kier molecular flexibility index (Phi) is 4.62. The molecule has 2 aromatic carbocycles. The van der Waals surface area contributed by atoms with Gasteiger partial charge in [0.05, 0.1) is 23.3 Å². The number of rotatable bonds is 4. The molecule has 0 spiro atoms. The Morgan fingerprint density at radius 3 is 2.85 bits per heavy atom. The lowest BCUT2D eigenvalue weighted by atomic mass is 10.2. The van der Waals surface area contributed by atoms with Crippen LogP contribution in [0.2, 0.25) is 0 Å². The SMILES string of the molecule is CN(Cc1nc2ccccc2s1)C(=O)NCC1COc2ccccc2O1. The molecule has 1 unspecified atom stereocenters. The smallest absolute Gasteiger partial charge is 0.317 e. The van der Waals surface area contributed by atoms with E-state index in [1.807, 2.05) is 48.5 Å². The minimum atomic E-state index is -0.204. The number of nitrogens with zero attached hydrogens (tertiary/aromatic N) is 2. The maximum Gasteiger partial charge on any atom is 0.317 e. The van der Waals surface area contributed by atoms with Crippen LogP contribution in [0.25, 0.3) is 10.2 Å². The first-order valence-corrected chi connectivity index (χ1v) is 9.22. The van der Waals surface area contributed by atoms with Gasteiger partial charge in [0.1, 0.15) is 11.6 Å². The van der Waals surface area contributed by atoms with Crippen molar-refractivity contribution >= 4 is 27.6 Å². The molecule has 0 fully saturated rings. The molecule has 6 nitrogen and oxygen atoms in total. The molecular weight excluding hydrogens is 350 g/mol. The van der Waals surface area contributed by atoms with Crippen LogP contribution in [0.15, 0.2) is 48.5 Å². The number of hydrogen-bond acceptors (Lipinski definition) is 5. The van der Waals surface area contributed by atoms with E-state index in [1.54, 1.807) is 23.3 Å². The fraction of sp³-hybridized carbons (Fsp3) is 0.263. The molecule has 2 amide bonds. The number of carbonyl (C=O) groups is 1. The van der Waals surface area contributed by atoms with E-state index in [0.29, 0.717) is 25.4 Å². The van der Waals surface area contributed by atoms with Crippen molar-refractivity contribution in [1.29, 1.82) is 0 Å². The van der Waals surface area contributed by atoms with E-state index in [2.05, 4.69) is 10.3 Å². The first-order chi connectivity index (χ1) is 12.7. The minimum Gasteiger partial charge on any atom is -0.486 e. The van der Waals surface area contributed by atoms with Crippen LogP contribution in [-0.2, 0) is 6.54 Å². The number of thiazole rings is 1. The third-order valence-electron chi connectivity index (χ3n) is 4.11. The summed E-state index contributed by atoms with van der Waals surface area (Å²) < 4.78 is 12.6. The normalized spacial score (nSPS) is 15.7. The molecule has 0 aliphatic carbocycles. The van der Waals surface area contributed by atoms with E-state index >= 15 is 0 Å². The minimum absolute atomic E-state index is 0.160. The van der Waals surface area contributed by atoms with Crippen LogP contribution >= 0.6 is 11.3 Å². The zero-order valence-electron chi connectivity index (χ0n) is 14.3. The number of hydrogen-bond donors (Lipinski definition) is 1. The highest BCUT2D eigenvalue weighted by Gasteiger charge is 2.22. The standard InChI is InChI=1S/C19H19N3O3S/c1-22(11-18-21-14-6-2-5-9-17(14)26-18)19(23)20-10-13-12-24-15-7-3-4-8-16(15)25-13/h2-9,13H,10-12H2,1H3,(H,20,23). The Bertz CT molecular complexity index is 894. The van der Waals surface area contributed by atoms with Gasteiger partial charge in [-0.3, -0.25) is 0 Å². The molecule has 1 N–H and O–H groups in total. The molecule has 134 valence electrons. The van der Waals surface area contributed by atoms with E-state index in [9.17, 15) is 4.79 Å². The van der Waals surface area contributed by atoms with Gasteiger partial charge in [0.25, 0.3) is 0 Å². The van der Waals surface area contributed by atoms with E-state index in [1.165, 1.54) is 0 Å². The fourth-order valence-corrected chi connectivity index (χ4v) is 3.78. The number of nitrogens with one attached hydrogen (secondary N) is 1. The van der Waals surface area contributed by atoms with Gasteiger partial charge in [0.2, 0.25) is 0 Å². The average Bonchev–Trinajstić information content (AvgIpc) is 3.08. The molecule has 26 heavy (non-hydrogen) atoms. The molecule has 0 bridgehead atoms. The molecule has 4 rings (SSSR count). The molecular formula is C19H19N3O3S. The van der Waals surface area contributed by atoms with Crippen molar-refractivity contribution in [1.82, 2.24) is 15.2 Å². The Morgan fingerprint density at radius 2 is 2.00 bits per heavy atom. The second-order valence-corrected chi connectivity index (χ2v) is 7.23.